The van der Waals surface area contributed by atoms with Crippen LogP contribution in [0.2, 0.25) is 0 Å². The number of aromatic nitrogens is 2. The van der Waals surface area contributed by atoms with Crippen LogP contribution in [0.5, 0.6) is 5.75 Å². The third kappa shape index (κ3) is 4.06. The van der Waals surface area contributed by atoms with Crippen molar-refractivity contribution in [2.75, 3.05) is 13.1 Å². The van der Waals surface area contributed by atoms with E-state index in [4.69, 9.17) is 9.26 Å². The van der Waals surface area contributed by atoms with Crippen LogP contribution in [0.25, 0.3) is 11.5 Å². The third-order valence-electron chi connectivity index (χ3n) is 5.54. The van der Waals surface area contributed by atoms with E-state index in [1.165, 1.54) is 12.1 Å². The standard InChI is InChI=1S/C23H22FN3O3/c24-17-5-3-4-15(12-17)13-21(28)27-11-10-18(14-27)29-20-7-2-1-6-19(20)23-25-22(26-30-23)16-8-9-16/h1-7,12,16,18H,8-11,13-14H2. The molecule has 3 aromatic rings. The van der Waals surface area contributed by atoms with Gasteiger partial charge in [0.2, 0.25) is 5.91 Å². The van der Waals surface area contributed by atoms with Gasteiger partial charge in [0, 0.05) is 18.9 Å². The van der Waals surface area contributed by atoms with E-state index in [1.807, 2.05) is 24.3 Å². The molecule has 1 aliphatic carbocycles. The quantitative estimate of drug-likeness (QED) is 0.618. The van der Waals surface area contributed by atoms with Gasteiger partial charge in [0.15, 0.2) is 5.82 Å². The molecule has 30 heavy (non-hydrogen) atoms. The predicted octanol–water partition coefficient (Wildman–Crippen LogP) is 3.98. The van der Waals surface area contributed by atoms with Crippen LogP contribution in [0, 0.1) is 5.82 Å². The summed E-state index contributed by atoms with van der Waals surface area (Å²) in [6, 6.07) is 13.8. The molecular weight excluding hydrogens is 385 g/mol. The highest BCUT2D eigenvalue weighted by Crippen LogP contribution is 2.39. The maximum absolute atomic E-state index is 13.4. The Labute approximate surface area is 173 Å². The molecule has 1 saturated carbocycles. The van der Waals surface area contributed by atoms with E-state index in [1.54, 1.807) is 17.0 Å². The molecule has 1 amide bonds. The monoisotopic (exact) mass is 407 g/mol. The highest BCUT2D eigenvalue weighted by Gasteiger charge is 2.31. The number of hydrogen-bond donors (Lipinski definition) is 0. The summed E-state index contributed by atoms with van der Waals surface area (Å²) in [7, 11) is 0. The van der Waals surface area contributed by atoms with Crippen molar-refractivity contribution >= 4 is 5.91 Å². The first-order valence-corrected chi connectivity index (χ1v) is 10.3. The summed E-state index contributed by atoms with van der Waals surface area (Å²) in [6.07, 6.45) is 3.03. The number of amides is 1. The Balaban J connectivity index is 1.24. The summed E-state index contributed by atoms with van der Waals surface area (Å²) in [4.78, 5) is 18.9. The molecule has 2 fully saturated rings. The molecule has 1 atom stereocenters. The summed E-state index contributed by atoms with van der Waals surface area (Å²) in [5.41, 5.74) is 1.44. The lowest BCUT2D eigenvalue weighted by molar-refractivity contribution is -0.129. The SMILES string of the molecule is O=C(Cc1cccc(F)c1)N1CCC(Oc2ccccc2-c2nc(C3CC3)no2)C1. The second kappa shape index (κ2) is 7.89. The van der Waals surface area contributed by atoms with Gasteiger partial charge >= 0.3 is 0 Å². The highest BCUT2D eigenvalue weighted by molar-refractivity contribution is 5.79. The zero-order chi connectivity index (χ0) is 20.5. The Kier molecular flexibility index (Phi) is 4.94. The van der Waals surface area contributed by atoms with Gasteiger partial charge in [-0.3, -0.25) is 4.79 Å². The molecule has 154 valence electrons. The number of halogens is 1. The Bertz CT molecular complexity index is 1060. The molecular formula is C23H22FN3O3. The Morgan fingerprint density at radius 2 is 2.03 bits per heavy atom. The van der Waals surface area contributed by atoms with Crippen molar-refractivity contribution in [2.24, 2.45) is 0 Å². The summed E-state index contributed by atoms with van der Waals surface area (Å²) in [6.45, 7) is 1.12. The zero-order valence-corrected chi connectivity index (χ0v) is 16.5. The lowest BCUT2D eigenvalue weighted by atomic mass is 10.1. The van der Waals surface area contributed by atoms with E-state index >= 15 is 0 Å². The largest absolute Gasteiger partial charge is 0.488 e. The molecule has 2 aliphatic rings. The number of carbonyl (C=O) groups is 1. The number of benzene rings is 2. The number of carbonyl (C=O) groups excluding carboxylic acids is 1. The number of nitrogens with zero attached hydrogens (tertiary/aromatic N) is 3. The Morgan fingerprint density at radius 3 is 2.87 bits per heavy atom. The van der Waals surface area contributed by atoms with Crippen LogP contribution in [-0.4, -0.2) is 40.1 Å². The lowest BCUT2D eigenvalue weighted by Gasteiger charge is -2.18. The minimum absolute atomic E-state index is 0.0223. The van der Waals surface area contributed by atoms with E-state index in [-0.39, 0.29) is 24.2 Å². The van der Waals surface area contributed by atoms with Gasteiger partial charge in [0.25, 0.3) is 5.89 Å². The van der Waals surface area contributed by atoms with Crippen LogP contribution in [0.1, 0.15) is 36.6 Å². The Hall–Kier alpha value is -3.22. The predicted molar refractivity (Wildman–Crippen MR) is 107 cm³/mol. The van der Waals surface area contributed by atoms with Crippen LogP contribution >= 0.6 is 0 Å². The molecule has 1 unspecified atom stereocenters. The van der Waals surface area contributed by atoms with Gasteiger partial charge in [-0.15, -0.1) is 0 Å². The average molecular weight is 407 g/mol. The van der Waals surface area contributed by atoms with Crippen molar-refractivity contribution < 1.29 is 18.4 Å². The van der Waals surface area contributed by atoms with Gasteiger partial charge in [-0.05, 0) is 42.7 Å². The minimum atomic E-state index is -0.328. The fourth-order valence-electron chi connectivity index (χ4n) is 3.76. The summed E-state index contributed by atoms with van der Waals surface area (Å²) in [5, 5.41) is 4.09. The van der Waals surface area contributed by atoms with Crippen molar-refractivity contribution in [3.8, 4) is 17.2 Å². The lowest BCUT2D eigenvalue weighted by Crippen LogP contribution is -2.32. The second-order valence-electron chi connectivity index (χ2n) is 7.90. The molecule has 0 radical (unpaired) electrons. The number of ether oxygens (including phenoxy) is 1. The normalized spacial score (nSPS) is 18.6. The van der Waals surface area contributed by atoms with Gasteiger partial charge in [-0.25, -0.2) is 4.39 Å². The van der Waals surface area contributed by atoms with Crippen LogP contribution in [-0.2, 0) is 11.2 Å². The van der Waals surface area contributed by atoms with Crippen molar-refractivity contribution in [3.63, 3.8) is 0 Å². The first-order valence-electron chi connectivity index (χ1n) is 10.3. The molecule has 2 aromatic carbocycles. The van der Waals surface area contributed by atoms with Gasteiger partial charge < -0.3 is 14.2 Å². The molecule has 1 saturated heterocycles. The Morgan fingerprint density at radius 1 is 1.17 bits per heavy atom. The number of rotatable bonds is 6. The summed E-state index contributed by atoms with van der Waals surface area (Å²) >= 11 is 0. The van der Waals surface area contributed by atoms with Crippen LogP contribution in [0.15, 0.2) is 53.1 Å². The maximum Gasteiger partial charge on any atom is 0.261 e. The smallest absolute Gasteiger partial charge is 0.261 e. The fraction of sp³-hybridized carbons (Fsp3) is 0.348. The van der Waals surface area contributed by atoms with Crippen LogP contribution < -0.4 is 4.74 Å². The second-order valence-corrected chi connectivity index (χ2v) is 7.90. The van der Waals surface area contributed by atoms with E-state index in [0.29, 0.717) is 36.2 Å². The number of hydrogen-bond acceptors (Lipinski definition) is 5. The average Bonchev–Trinajstić information content (AvgIpc) is 3.28. The third-order valence-corrected chi connectivity index (χ3v) is 5.54. The first kappa shape index (κ1) is 18.8. The van der Waals surface area contributed by atoms with E-state index in [2.05, 4.69) is 10.1 Å². The highest BCUT2D eigenvalue weighted by atomic mass is 19.1. The van der Waals surface area contributed by atoms with Crippen molar-refractivity contribution in [2.45, 2.75) is 37.7 Å². The van der Waals surface area contributed by atoms with Gasteiger partial charge in [0.05, 0.1) is 18.5 Å². The first-order chi connectivity index (χ1) is 14.7. The molecule has 1 aliphatic heterocycles. The van der Waals surface area contributed by atoms with Gasteiger partial charge in [-0.2, -0.15) is 4.98 Å². The molecule has 0 spiro atoms. The molecule has 1 aromatic heterocycles. The molecule has 6 nitrogen and oxygen atoms in total. The molecule has 5 rings (SSSR count). The minimum Gasteiger partial charge on any atom is -0.488 e. The van der Waals surface area contributed by atoms with Crippen molar-refractivity contribution in [3.05, 3.63) is 65.7 Å². The van der Waals surface area contributed by atoms with Crippen LogP contribution in [0.4, 0.5) is 4.39 Å². The molecule has 2 heterocycles. The van der Waals surface area contributed by atoms with E-state index in [9.17, 15) is 9.18 Å². The number of likely N-dealkylation sites (tertiary alicyclic amines) is 1. The molecule has 7 heteroatoms. The summed E-state index contributed by atoms with van der Waals surface area (Å²) in [5.74, 6) is 1.96. The molecule has 0 bridgehead atoms. The zero-order valence-electron chi connectivity index (χ0n) is 16.5. The van der Waals surface area contributed by atoms with E-state index < -0.39 is 0 Å². The fourth-order valence-corrected chi connectivity index (χ4v) is 3.76. The van der Waals surface area contributed by atoms with Gasteiger partial charge in [-0.1, -0.05) is 29.4 Å². The maximum atomic E-state index is 13.4. The number of para-hydroxylation sites is 1. The van der Waals surface area contributed by atoms with Crippen molar-refractivity contribution in [1.29, 1.82) is 0 Å². The summed E-state index contributed by atoms with van der Waals surface area (Å²) < 4.78 is 25.0. The van der Waals surface area contributed by atoms with E-state index in [0.717, 1.165) is 30.7 Å². The molecule has 0 N–H and O–H groups in total. The van der Waals surface area contributed by atoms with Crippen molar-refractivity contribution in [1.82, 2.24) is 15.0 Å². The topological polar surface area (TPSA) is 68.5 Å². The van der Waals surface area contributed by atoms with Crippen LogP contribution in [0.3, 0.4) is 0 Å². The van der Waals surface area contributed by atoms with Gasteiger partial charge in [0.1, 0.15) is 17.7 Å².